The van der Waals surface area contributed by atoms with Crippen molar-refractivity contribution in [3.63, 3.8) is 0 Å². The maximum atomic E-state index is 11.1. The highest BCUT2D eigenvalue weighted by atomic mass is 79.9. The molecule has 82 valence electrons. The van der Waals surface area contributed by atoms with Crippen LogP contribution in [0.2, 0.25) is 0 Å². The normalized spacial score (nSPS) is 10.4. The number of halogens is 1. The molecular weight excluding hydrogens is 270 g/mol. The van der Waals surface area contributed by atoms with E-state index in [0.717, 1.165) is 15.7 Å². The molecule has 0 saturated heterocycles. The Balaban J connectivity index is 2.42. The van der Waals surface area contributed by atoms with Crippen LogP contribution in [0, 0.1) is 6.92 Å². The van der Waals surface area contributed by atoms with Crippen LogP contribution in [-0.2, 0) is 0 Å². The largest absolute Gasteiger partial charge is 0.293 e. The Morgan fingerprint density at radius 3 is 2.75 bits per heavy atom. The first kappa shape index (κ1) is 11.0. The third-order valence-corrected chi connectivity index (χ3v) is 3.15. The van der Waals surface area contributed by atoms with Gasteiger partial charge in [-0.05, 0) is 30.7 Å². The quantitative estimate of drug-likeness (QED) is 0.794. The molecule has 2 rings (SSSR count). The van der Waals surface area contributed by atoms with Crippen LogP contribution in [0.25, 0.3) is 5.69 Å². The van der Waals surface area contributed by atoms with Gasteiger partial charge >= 0.3 is 0 Å². The van der Waals surface area contributed by atoms with E-state index >= 15 is 0 Å². The Bertz CT molecular complexity index is 548. The third kappa shape index (κ3) is 2.04. The number of carbonyl (C=O) groups is 1. The van der Waals surface area contributed by atoms with E-state index in [4.69, 9.17) is 0 Å². The van der Waals surface area contributed by atoms with Crippen molar-refractivity contribution in [3.8, 4) is 5.69 Å². The summed E-state index contributed by atoms with van der Waals surface area (Å²) in [6, 6.07) is 5.83. The molecule has 1 heterocycles. The zero-order valence-electron chi connectivity index (χ0n) is 8.94. The number of ketones is 1. The van der Waals surface area contributed by atoms with Crippen LogP contribution in [-0.4, -0.2) is 20.8 Å². The van der Waals surface area contributed by atoms with Crippen molar-refractivity contribution < 1.29 is 4.79 Å². The lowest BCUT2D eigenvalue weighted by molar-refractivity contribution is 0.101. The molecule has 0 saturated carbocycles. The molecule has 0 bridgehead atoms. The molecule has 1 aromatic heterocycles. The lowest BCUT2D eigenvalue weighted by Crippen LogP contribution is -1.95. The molecule has 2 aromatic rings. The molecular formula is C11H10BrN3O. The molecule has 0 aliphatic carbocycles. The van der Waals surface area contributed by atoms with Crippen LogP contribution in [0.4, 0.5) is 0 Å². The summed E-state index contributed by atoms with van der Waals surface area (Å²) in [5.74, 6) is -0.0833. The topological polar surface area (TPSA) is 47.8 Å². The Kier molecular flexibility index (Phi) is 2.87. The van der Waals surface area contributed by atoms with Gasteiger partial charge in [-0.2, -0.15) is 0 Å². The molecule has 0 fully saturated rings. The van der Waals surface area contributed by atoms with Crippen LogP contribution in [0.1, 0.15) is 23.0 Å². The molecule has 4 nitrogen and oxygen atoms in total. The summed E-state index contributed by atoms with van der Waals surface area (Å²) in [6.07, 6.45) is 1.63. The Morgan fingerprint density at radius 1 is 1.44 bits per heavy atom. The first-order chi connectivity index (χ1) is 7.58. The van der Waals surface area contributed by atoms with Crippen molar-refractivity contribution >= 4 is 21.7 Å². The summed E-state index contributed by atoms with van der Waals surface area (Å²) in [5, 5.41) is 7.70. The van der Waals surface area contributed by atoms with E-state index in [1.165, 1.54) is 6.92 Å². The van der Waals surface area contributed by atoms with Gasteiger partial charge < -0.3 is 0 Å². The van der Waals surface area contributed by atoms with E-state index in [2.05, 4.69) is 26.2 Å². The van der Waals surface area contributed by atoms with E-state index in [1.54, 1.807) is 10.9 Å². The number of nitrogens with zero attached hydrogens (tertiary/aromatic N) is 3. The molecule has 5 heteroatoms. The zero-order chi connectivity index (χ0) is 11.7. The first-order valence-corrected chi connectivity index (χ1v) is 5.57. The Labute approximate surface area is 101 Å². The van der Waals surface area contributed by atoms with Crippen molar-refractivity contribution in [2.45, 2.75) is 13.8 Å². The van der Waals surface area contributed by atoms with E-state index in [0.29, 0.717) is 5.69 Å². The van der Waals surface area contributed by atoms with Gasteiger partial charge in [0.2, 0.25) is 0 Å². The minimum absolute atomic E-state index is 0.0833. The second kappa shape index (κ2) is 4.17. The molecule has 0 unspecified atom stereocenters. The van der Waals surface area contributed by atoms with Crippen molar-refractivity contribution in [2.24, 2.45) is 0 Å². The fraction of sp³-hybridized carbons (Fsp3) is 0.182. The lowest BCUT2D eigenvalue weighted by Gasteiger charge is -2.02. The maximum Gasteiger partial charge on any atom is 0.181 e. The van der Waals surface area contributed by atoms with Crippen molar-refractivity contribution in [1.82, 2.24) is 15.0 Å². The minimum atomic E-state index is -0.0833. The van der Waals surface area contributed by atoms with Gasteiger partial charge in [0.1, 0.15) is 5.69 Å². The molecule has 16 heavy (non-hydrogen) atoms. The zero-order valence-corrected chi connectivity index (χ0v) is 10.5. The number of hydrogen-bond acceptors (Lipinski definition) is 3. The highest BCUT2D eigenvalue weighted by Crippen LogP contribution is 2.19. The summed E-state index contributed by atoms with van der Waals surface area (Å²) in [4.78, 5) is 11.1. The van der Waals surface area contributed by atoms with Crippen LogP contribution >= 0.6 is 15.9 Å². The van der Waals surface area contributed by atoms with E-state index in [9.17, 15) is 4.79 Å². The second-order valence-corrected chi connectivity index (χ2v) is 4.39. The van der Waals surface area contributed by atoms with Crippen LogP contribution in [0.15, 0.2) is 28.9 Å². The fourth-order valence-corrected chi connectivity index (χ4v) is 1.57. The standard InChI is InChI=1S/C11H10BrN3O/c1-7-5-9(3-4-10(7)12)15-6-11(8(2)16)13-14-15/h3-6H,1-2H3. The summed E-state index contributed by atoms with van der Waals surface area (Å²) in [7, 11) is 0. The lowest BCUT2D eigenvalue weighted by atomic mass is 10.2. The smallest absolute Gasteiger partial charge is 0.181 e. The summed E-state index contributed by atoms with van der Waals surface area (Å²) < 4.78 is 2.64. The first-order valence-electron chi connectivity index (χ1n) is 4.78. The maximum absolute atomic E-state index is 11.1. The number of Topliss-reactive ketones (excluding diaryl/α,β-unsaturated/α-hetero) is 1. The molecule has 0 N–H and O–H groups in total. The Hall–Kier alpha value is -1.49. The molecule has 0 atom stereocenters. The summed E-state index contributed by atoms with van der Waals surface area (Å²) >= 11 is 3.43. The van der Waals surface area contributed by atoms with Gasteiger partial charge in [-0.15, -0.1) is 5.10 Å². The highest BCUT2D eigenvalue weighted by Gasteiger charge is 2.07. The number of aryl methyl sites for hydroxylation is 1. The van der Waals surface area contributed by atoms with Crippen molar-refractivity contribution in [2.75, 3.05) is 0 Å². The van der Waals surface area contributed by atoms with Gasteiger partial charge in [0.25, 0.3) is 0 Å². The molecule has 0 radical (unpaired) electrons. The summed E-state index contributed by atoms with van der Waals surface area (Å²) in [5.41, 5.74) is 2.37. The van der Waals surface area contributed by atoms with Gasteiger partial charge in [0, 0.05) is 11.4 Å². The molecule has 0 aliphatic heterocycles. The van der Waals surface area contributed by atoms with Crippen LogP contribution in [0.3, 0.4) is 0 Å². The predicted molar refractivity (Wildman–Crippen MR) is 63.8 cm³/mol. The van der Waals surface area contributed by atoms with Gasteiger partial charge in [-0.3, -0.25) is 4.79 Å². The number of aromatic nitrogens is 3. The molecule has 0 spiro atoms. The van der Waals surface area contributed by atoms with Gasteiger partial charge in [0.05, 0.1) is 11.9 Å². The SMILES string of the molecule is CC(=O)c1cn(-c2ccc(Br)c(C)c2)nn1. The van der Waals surface area contributed by atoms with Gasteiger partial charge in [0.15, 0.2) is 5.78 Å². The predicted octanol–water partition coefficient (Wildman–Crippen LogP) is 2.54. The monoisotopic (exact) mass is 279 g/mol. The van der Waals surface area contributed by atoms with Crippen molar-refractivity contribution in [1.29, 1.82) is 0 Å². The van der Waals surface area contributed by atoms with E-state index < -0.39 is 0 Å². The van der Waals surface area contributed by atoms with Crippen LogP contribution < -0.4 is 0 Å². The third-order valence-electron chi connectivity index (χ3n) is 2.26. The van der Waals surface area contributed by atoms with Gasteiger partial charge in [-0.1, -0.05) is 21.1 Å². The number of rotatable bonds is 2. The average molecular weight is 280 g/mol. The molecule has 0 amide bonds. The fourth-order valence-electron chi connectivity index (χ4n) is 1.32. The van der Waals surface area contributed by atoms with Crippen LogP contribution in [0.5, 0.6) is 0 Å². The second-order valence-electron chi connectivity index (χ2n) is 3.54. The van der Waals surface area contributed by atoms with E-state index in [-0.39, 0.29) is 5.78 Å². The highest BCUT2D eigenvalue weighted by molar-refractivity contribution is 9.10. The molecule has 1 aromatic carbocycles. The van der Waals surface area contributed by atoms with Crippen molar-refractivity contribution in [3.05, 3.63) is 40.1 Å². The average Bonchev–Trinajstić information content (AvgIpc) is 2.71. The Morgan fingerprint density at radius 2 is 2.19 bits per heavy atom. The molecule has 0 aliphatic rings. The minimum Gasteiger partial charge on any atom is -0.293 e. The van der Waals surface area contributed by atoms with E-state index in [1.807, 2.05) is 25.1 Å². The van der Waals surface area contributed by atoms with Gasteiger partial charge in [-0.25, -0.2) is 4.68 Å². The number of hydrogen-bond donors (Lipinski definition) is 0. The number of carbonyl (C=O) groups excluding carboxylic acids is 1. The summed E-state index contributed by atoms with van der Waals surface area (Å²) in [6.45, 7) is 3.47. The number of benzene rings is 1.